The summed E-state index contributed by atoms with van der Waals surface area (Å²) in [6.45, 7) is 22.1. The lowest BCUT2D eigenvalue weighted by molar-refractivity contribution is 0.757. The molecule has 0 aliphatic carbocycles. The summed E-state index contributed by atoms with van der Waals surface area (Å²) in [6.07, 6.45) is 0. The van der Waals surface area contributed by atoms with Crippen LogP contribution >= 0.6 is 0 Å². The zero-order valence-electron chi connectivity index (χ0n) is 18.6. The van der Waals surface area contributed by atoms with Gasteiger partial charge in [-0.15, -0.1) is 0 Å². The maximum Gasteiger partial charge on any atom is 0.0461 e. The molecular formula is C25H39N. The Balaban J connectivity index is 0.000000260. The molecule has 0 fully saturated rings. The SMILES string of the molecule is Cc1ccc(C(C)C)cc1C(C)C.Cc1ccc(C(C)C)nc1C(C)C. The van der Waals surface area contributed by atoms with Gasteiger partial charge in [-0.25, -0.2) is 0 Å². The van der Waals surface area contributed by atoms with Gasteiger partial charge in [-0.2, -0.15) is 0 Å². The second-order valence-corrected chi connectivity index (χ2v) is 8.67. The molecule has 0 aliphatic heterocycles. The van der Waals surface area contributed by atoms with Crippen molar-refractivity contribution in [2.24, 2.45) is 0 Å². The Labute approximate surface area is 162 Å². The van der Waals surface area contributed by atoms with E-state index in [1.807, 2.05) is 0 Å². The van der Waals surface area contributed by atoms with Crippen LogP contribution in [0.15, 0.2) is 30.3 Å². The molecule has 144 valence electrons. The Morgan fingerprint density at radius 1 is 0.615 bits per heavy atom. The Hall–Kier alpha value is -1.63. The van der Waals surface area contributed by atoms with Crippen molar-refractivity contribution >= 4 is 0 Å². The van der Waals surface area contributed by atoms with E-state index in [1.54, 1.807) is 0 Å². The van der Waals surface area contributed by atoms with Gasteiger partial charge in [-0.05, 0) is 65.8 Å². The van der Waals surface area contributed by atoms with Crippen molar-refractivity contribution in [2.45, 2.75) is 92.9 Å². The predicted octanol–water partition coefficient (Wildman–Crippen LogP) is 7.88. The molecule has 2 aromatic rings. The highest BCUT2D eigenvalue weighted by Crippen LogP contribution is 2.24. The fourth-order valence-corrected chi connectivity index (χ4v) is 3.11. The van der Waals surface area contributed by atoms with Crippen LogP contribution in [0.3, 0.4) is 0 Å². The lowest BCUT2D eigenvalue weighted by atomic mass is 9.92. The predicted molar refractivity (Wildman–Crippen MR) is 117 cm³/mol. The first-order chi connectivity index (χ1) is 12.0. The smallest absolute Gasteiger partial charge is 0.0461 e. The molecule has 0 N–H and O–H groups in total. The van der Waals surface area contributed by atoms with Crippen LogP contribution in [0.25, 0.3) is 0 Å². The van der Waals surface area contributed by atoms with E-state index in [0.29, 0.717) is 23.7 Å². The summed E-state index contributed by atoms with van der Waals surface area (Å²) in [6, 6.07) is 11.1. The second-order valence-electron chi connectivity index (χ2n) is 8.67. The van der Waals surface area contributed by atoms with Gasteiger partial charge in [-0.3, -0.25) is 4.98 Å². The lowest BCUT2D eigenvalue weighted by Gasteiger charge is -2.13. The molecular weight excluding hydrogens is 314 g/mol. The number of rotatable bonds is 4. The van der Waals surface area contributed by atoms with E-state index in [4.69, 9.17) is 0 Å². The van der Waals surface area contributed by atoms with Crippen LogP contribution in [0.1, 0.15) is 113 Å². The van der Waals surface area contributed by atoms with Gasteiger partial charge in [0.05, 0.1) is 0 Å². The van der Waals surface area contributed by atoms with E-state index < -0.39 is 0 Å². The monoisotopic (exact) mass is 353 g/mol. The summed E-state index contributed by atoms with van der Waals surface area (Å²) in [7, 11) is 0. The molecule has 0 saturated heterocycles. The second kappa shape index (κ2) is 9.90. The maximum absolute atomic E-state index is 4.67. The van der Waals surface area contributed by atoms with Gasteiger partial charge < -0.3 is 0 Å². The zero-order chi connectivity index (χ0) is 20.0. The molecule has 0 amide bonds. The zero-order valence-corrected chi connectivity index (χ0v) is 18.6. The van der Waals surface area contributed by atoms with Crippen molar-refractivity contribution in [3.63, 3.8) is 0 Å². The van der Waals surface area contributed by atoms with Crippen molar-refractivity contribution in [1.82, 2.24) is 4.98 Å². The van der Waals surface area contributed by atoms with E-state index in [1.165, 1.54) is 33.6 Å². The lowest BCUT2D eigenvalue weighted by Crippen LogP contribution is -2.01. The van der Waals surface area contributed by atoms with Gasteiger partial charge in [0, 0.05) is 11.4 Å². The number of aryl methyl sites for hydroxylation is 2. The summed E-state index contributed by atoms with van der Waals surface area (Å²) in [5, 5.41) is 0. The fourth-order valence-electron chi connectivity index (χ4n) is 3.11. The van der Waals surface area contributed by atoms with Crippen LogP contribution in [0, 0.1) is 13.8 Å². The number of hydrogen-bond acceptors (Lipinski definition) is 1. The molecule has 1 nitrogen and oxygen atoms in total. The fraction of sp³-hybridized carbons (Fsp3) is 0.560. The molecule has 0 unspecified atom stereocenters. The Kier molecular flexibility index (Phi) is 8.53. The Bertz CT molecular complexity index is 632. The molecule has 26 heavy (non-hydrogen) atoms. The first kappa shape index (κ1) is 22.4. The third kappa shape index (κ3) is 6.27. The third-order valence-corrected chi connectivity index (χ3v) is 4.89. The minimum atomic E-state index is 0.526. The molecule has 0 saturated carbocycles. The number of nitrogens with zero attached hydrogens (tertiary/aromatic N) is 1. The van der Waals surface area contributed by atoms with Gasteiger partial charge in [0.2, 0.25) is 0 Å². The normalized spacial score (nSPS) is 11.3. The maximum atomic E-state index is 4.67. The van der Waals surface area contributed by atoms with Gasteiger partial charge in [0.15, 0.2) is 0 Å². The van der Waals surface area contributed by atoms with Crippen LogP contribution in [-0.2, 0) is 0 Å². The topological polar surface area (TPSA) is 12.9 Å². The number of hydrogen-bond donors (Lipinski definition) is 0. The van der Waals surface area contributed by atoms with Crippen LogP contribution in [-0.4, -0.2) is 4.98 Å². The highest BCUT2D eigenvalue weighted by Gasteiger charge is 2.08. The first-order valence-electron chi connectivity index (χ1n) is 10.1. The van der Waals surface area contributed by atoms with E-state index in [-0.39, 0.29) is 0 Å². The summed E-state index contributed by atoms with van der Waals surface area (Å²) in [5.41, 5.74) is 8.11. The molecule has 1 aromatic heterocycles. The van der Waals surface area contributed by atoms with E-state index in [9.17, 15) is 0 Å². The number of pyridine rings is 1. The average molecular weight is 354 g/mol. The quantitative estimate of drug-likeness (QED) is 0.544. The first-order valence-corrected chi connectivity index (χ1v) is 10.1. The summed E-state index contributed by atoms with van der Waals surface area (Å²) in [4.78, 5) is 4.67. The minimum absolute atomic E-state index is 0.526. The number of aromatic nitrogens is 1. The van der Waals surface area contributed by atoms with Crippen molar-refractivity contribution in [3.8, 4) is 0 Å². The standard InChI is InChI=1S/C13H20.C12H19N/c1-9(2)12-7-6-11(5)13(8-12)10(3)4;1-8(2)11-7-6-10(5)12(13-11)9(3)4/h6-10H,1-5H3;6-9H,1-5H3. The average Bonchev–Trinajstić information content (AvgIpc) is 2.55. The van der Waals surface area contributed by atoms with E-state index in [2.05, 4.69) is 105 Å². The van der Waals surface area contributed by atoms with Crippen LogP contribution < -0.4 is 0 Å². The largest absolute Gasteiger partial charge is 0.257 e. The van der Waals surface area contributed by atoms with Crippen molar-refractivity contribution in [1.29, 1.82) is 0 Å². The molecule has 2 rings (SSSR count). The van der Waals surface area contributed by atoms with Crippen molar-refractivity contribution < 1.29 is 0 Å². The minimum Gasteiger partial charge on any atom is -0.257 e. The molecule has 0 spiro atoms. The van der Waals surface area contributed by atoms with Crippen molar-refractivity contribution in [3.05, 3.63) is 64.0 Å². The number of benzene rings is 1. The molecule has 1 aromatic carbocycles. The molecule has 0 bridgehead atoms. The summed E-state index contributed by atoms with van der Waals surface area (Å²) >= 11 is 0. The molecule has 0 radical (unpaired) electrons. The van der Waals surface area contributed by atoms with Gasteiger partial charge in [-0.1, -0.05) is 79.7 Å². The van der Waals surface area contributed by atoms with Crippen molar-refractivity contribution in [2.75, 3.05) is 0 Å². The highest BCUT2D eigenvalue weighted by atomic mass is 14.7. The van der Waals surface area contributed by atoms with Gasteiger partial charge in [0.25, 0.3) is 0 Å². The van der Waals surface area contributed by atoms with Crippen LogP contribution in [0.5, 0.6) is 0 Å². The van der Waals surface area contributed by atoms with Crippen LogP contribution in [0.2, 0.25) is 0 Å². The molecule has 0 atom stereocenters. The van der Waals surface area contributed by atoms with Crippen LogP contribution in [0.4, 0.5) is 0 Å². The Morgan fingerprint density at radius 2 is 1.19 bits per heavy atom. The highest BCUT2D eigenvalue weighted by molar-refractivity contribution is 5.34. The van der Waals surface area contributed by atoms with E-state index in [0.717, 1.165) is 0 Å². The molecule has 1 heteroatoms. The Morgan fingerprint density at radius 3 is 1.65 bits per heavy atom. The van der Waals surface area contributed by atoms with Gasteiger partial charge >= 0.3 is 0 Å². The van der Waals surface area contributed by atoms with E-state index >= 15 is 0 Å². The molecule has 1 heterocycles. The summed E-state index contributed by atoms with van der Waals surface area (Å²) in [5.74, 6) is 2.33. The molecule has 0 aliphatic rings. The van der Waals surface area contributed by atoms with Gasteiger partial charge in [0.1, 0.15) is 0 Å². The summed E-state index contributed by atoms with van der Waals surface area (Å²) < 4.78 is 0. The third-order valence-electron chi connectivity index (χ3n) is 4.89.